The molecule has 0 N–H and O–H groups in total. The van der Waals surface area contributed by atoms with Gasteiger partial charge in [-0.05, 0) is 13.0 Å². The molecular formula is C10H21NO2. The number of carbonyl (C=O) groups is 1. The Labute approximate surface area is 81.1 Å². The highest BCUT2D eigenvalue weighted by Crippen LogP contribution is 2.02. The fourth-order valence-electron chi connectivity index (χ4n) is 1.14. The Morgan fingerprint density at radius 2 is 2.15 bits per heavy atom. The number of carbonyl (C=O) groups excluding carboxylic acids is 1. The molecule has 0 spiro atoms. The van der Waals surface area contributed by atoms with Gasteiger partial charge < -0.3 is 9.64 Å². The summed E-state index contributed by atoms with van der Waals surface area (Å²) in [5.74, 6) is 0.568. The van der Waals surface area contributed by atoms with Gasteiger partial charge in [-0.3, -0.25) is 4.79 Å². The van der Waals surface area contributed by atoms with Gasteiger partial charge in [0.2, 0.25) is 0 Å². The molecule has 0 bridgehead atoms. The molecule has 0 aliphatic carbocycles. The molecule has 0 fully saturated rings. The Morgan fingerprint density at radius 3 is 2.62 bits per heavy atom. The van der Waals surface area contributed by atoms with Crippen LogP contribution in [0.1, 0.15) is 26.7 Å². The molecule has 0 aromatic carbocycles. The summed E-state index contributed by atoms with van der Waals surface area (Å²) in [6.07, 6.45) is 1.67. The van der Waals surface area contributed by atoms with Gasteiger partial charge in [-0.15, -0.1) is 0 Å². The Morgan fingerprint density at radius 1 is 1.54 bits per heavy atom. The van der Waals surface area contributed by atoms with E-state index in [1.54, 1.807) is 0 Å². The third kappa shape index (κ3) is 6.58. The lowest BCUT2D eigenvalue weighted by Crippen LogP contribution is -2.26. The average Bonchev–Trinajstić information content (AvgIpc) is 2.13. The summed E-state index contributed by atoms with van der Waals surface area (Å²) in [4.78, 5) is 13.0. The van der Waals surface area contributed by atoms with Crippen LogP contribution in [0.4, 0.5) is 0 Å². The Bertz CT molecular complexity index is 148. The summed E-state index contributed by atoms with van der Waals surface area (Å²) in [5, 5.41) is 0. The fraction of sp³-hybridized carbons (Fsp3) is 0.900. The maximum Gasteiger partial charge on any atom is 0.306 e. The molecular weight excluding hydrogens is 166 g/mol. The predicted octanol–water partition coefficient (Wildman–Crippen LogP) is 1.53. The van der Waals surface area contributed by atoms with Crippen LogP contribution in [0.15, 0.2) is 0 Å². The zero-order chi connectivity index (χ0) is 10.3. The summed E-state index contributed by atoms with van der Waals surface area (Å²) in [6.45, 7) is 6.23. The van der Waals surface area contributed by atoms with Crippen molar-refractivity contribution in [2.75, 3.05) is 27.2 Å². The second kappa shape index (κ2) is 6.89. The largest absolute Gasteiger partial charge is 0.469 e. The van der Waals surface area contributed by atoms with Gasteiger partial charge in [0.05, 0.1) is 13.5 Å². The van der Waals surface area contributed by atoms with Crippen LogP contribution in [-0.2, 0) is 9.53 Å². The smallest absolute Gasteiger partial charge is 0.306 e. The number of methoxy groups -OCH3 is 1. The van der Waals surface area contributed by atoms with E-state index in [0.717, 1.165) is 13.1 Å². The van der Waals surface area contributed by atoms with Gasteiger partial charge in [-0.2, -0.15) is 0 Å². The van der Waals surface area contributed by atoms with E-state index in [9.17, 15) is 4.79 Å². The van der Waals surface area contributed by atoms with Gasteiger partial charge in [-0.25, -0.2) is 0 Å². The molecule has 13 heavy (non-hydrogen) atoms. The molecule has 3 nitrogen and oxygen atoms in total. The zero-order valence-corrected chi connectivity index (χ0v) is 9.17. The van der Waals surface area contributed by atoms with Crippen molar-refractivity contribution < 1.29 is 9.53 Å². The lowest BCUT2D eigenvalue weighted by molar-refractivity contribution is -0.140. The molecule has 0 saturated heterocycles. The summed E-state index contributed by atoms with van der Waals surface area (Å²) in [6, 6.07) is 0. The van der Waals surface area contributed by atoms with Crippen LogP contribution in [0.3, 0.4) is 0 Å². The number of nitrogens with zero attached hydrogens (tertiary/aromatic N) is 1. The third-order valence-corrected chi connectivity index (χ3v) is 2.25. The zero-order valence-electron chi connectivity index (χ0n) is 9.17. The van der Waals surface area contributed by atoms with Crippen molar-refractivity contribution in [3.8, 4) is 0 Å². The van der Waals surface area contributed by atoms with Crippen LogP contribution >= 0.6 is 0 Å². The van der Waals surface area contributed by atoms with Crippen molar-refractivity contribution in [1.29, 1.82) is 0 Å². The fourth-order valence-corrected chi connectivity index (χ4v) is 1.14. The van der Waals surface area contributed by atoms with Crippen LogP contribution in [0, 0.1) is 5.92 Å². The summed E-state index contributed by atoms with van der Waals surface area (Å²) < 4.78 is 4.57. The average molecular weight is 187 g/mol. The second-order valence-electron chi connectivity index (χ2n) is 3.60. The van der Waals surface area contributed by atoms with E-state index in [-0.39, 0.29) is 5.97 Å². The predicted molar refractivity (Wildman–Crippen MR) is 53.6 cm³/mol. The van der Waals surface area contributed by atoms with Crippen LogP contribution in [0.5, 0.6) is 0 Å². The van der Waals surface area contributed by atoms with Crippen molar-refractivity contribution in [2.45, 2.75) is 26.7 Å². The molecule has 3 heteroatoms. The Kier molecular flexibility index (Phi) is 6.59. The molecule has 0 amide bonds. The first-order chi connectivity index (χ1) is 6.10. The van der Waals surface area contributed by atoms with Gasteiger partial charge in [-0.1, -0.05) is 20.3 Å². The van der Waals surface area contributed by atoms with E-state index in [1.165, 1.54) is 13.5 Å². The van der Waals surface area contributed by atoms with Crippen LogP contribution in [0.2, 0.25) is 0 Å². The van der Waals surface area contributed by atoms with E-state index in [0.29, 0.717) is 12.3 Å². The highest BCUT2D eigenvalue weighted by molar-refractivity contribution is 5.69. The van der Waals surface area contributed by atoms with E-state index in [1.807, 2.05) is 7.05 Å². The summed E-state index contributed by atoms with van der Waals surface area (Å²) >= 11 is 0. The molecule has 0 heterocycles. The number of hydrogen-bond donors (Lipinski definition) is 0. The number of ether oxygens (including phenoxy) is 1. The molecule has 1 atom stereocenters. The quantitative estimate of drug-likeness (QED) is 0.591. The number of rotatable bonds is 6. The molecule has 0 aliphatic heterocycles. The van der Waals surface area contributed by atoms with Crippen molar-refractivity contribution in [1.82, 2.24) is 4.90 Å². The number of esters is 1. The SMILES string of the molecule is CCC(C)CN(C)CCC(=O)OC. The number of hydrogen-bond acceptors (Lipinski definition) is 3. The first-order valence-electron chi connectivity index (χ1n) is 4.85. The molecule has 1 unspecified atom stereocenters. The first-order valence-corrected chi connectivity index (χ1v) is 4.85. The van der Waals surface area contributed by atoms with Crippen LogP contribution < -0.4 is 0 Å². The Hall–Kier alpha value is -0.570. The lowest BCUT2D eigenvalue weighted by atomic mass is 10.1. The maximum atomic E-state index is 10.8. The van der Waals surface area contributed by atoms with E-state index < -0.39 is 0 Å². The molecule has 0 radical (unpaired) electrons. The molecule has 0 aromatic heterocycles. The lowest BCUT2D eigenvalue weighted by Gasteiger charge is -2.19. The topological polar surface area (TPSA) is 29.5 Å². The van der Waals surface area contributed by atoms with Gasteiger partial charge in [0.15, 0.2) is 0 Å². The monoisotopic (exact) mass is 187 g/mol. The van der Waals surface area contributed by atoms with Crippen molar-refractivity contribution in [2.24, 2.45) is 5.92 Å². The van der Waals surface area contributed by atoms with E-state index in [2.05, 4.69) is 23.5 Å². The van der Waals surface area contributed by atoms with Crippen LogP contribution in [-0.4, -0.2) is 38.1 Å². The normalized spacial score (nSPS) is 13.0. The molecule has 0 rings (SSSR count). The standard InChI is InChI=1S/C10H21NO2/c1-5-9(2)8-11(3)7-6-10(12)13-4/h9H,5-8H2,1-4H3. The molecule has 78 valence electrons. The van der Waals surface area contributed by atoms with Crippen molar-refractivity contribution in [3.05, 3.63) is 0 Å². The Balaban J connectivity index is 3.50. The van der Waals surface area contributed by atoms with Crippen molar-refractivity contribution in [3.63, 3.8) is 0 Å². The second-order valence-corrected chi connectivity index (χ2v) is 3.60. The van der Waals surface area contributed by atoms with Gasteiger partial charge in [0.1, 0.15) is 0 Å². The summed E-state index contributed by atoms with van der Waals surface area (Å²) in [5.41, 5.74) is 0. The minimum absolute atomic E-state index is 0.129. The molecule has 0 aromatic rings. The maximum absolute atomic E-state index is 10.8. The van der Waals surface area contributed by atoms with Crippen molar-refractivity contribution >= 4 is 5.97 Å². The van der Waals surface area contributed by atoms with E-state index in [4.69, 9.17) is 0 Å². The van der Waals surface area contributed by atoms with Crippen LogP contribution in [0.25, 0.3) is 0 Å². The van der Waals surface area contributed by atoms with Gasteiger partial charge in [0, 0.05) is 13.1 Å². The summed E-state index contributed by atoms with van der Waals surface area (Å²) in [7, 11) is 3.46. The minimum Gasteiger partial charge on any atom is -0.469 e. The minimum atomic E-state index is -0.129. The van der Waals surface area contributed by atoms with E-state index >= 15 is 0 Å². The van der Waals surface area contributed by atoms with Gasteiger partial charge >= 0.3 is 5.97 Å². The highest BCUT2D eigenvalue weighted by atomic mass is 16.5. The molecule has 0 aliphatic rings. The van der Waals surface area contributed by atoms with Gasteiger partial charge in [0.25, 0.3) is 0 Å². The molecule has 0 saturated carbocycles. The highest BCUT2D eigenvalue weighted by Gasteiger charge is 2.06. The third-order valence-electron chi connectivity index (χ3n) is 2.25. The first kappa shape index (κ1) is 12.4.